The number of nitrogens with zero attached hydrogens (tertiary/aromatic N) is 2. The van der Waals surface area contributed by atoms with Crippen molar-refractivity contribution in [2.45, 2.75) is 0 Å². The number of hydrogen-bond donors (Lipinski definition) is 0. The van der Waals surface area contributed by atoms with Gasteiger partial charge in [-0.15, -0.1) is 0 Å². The van der Waals surface area contributed by atoms with Gasteiger partial charge in [-0.3, -0.25) is 4.79 Å². The standard InChI is InChI=1S/C16H10BrClN2O/c17-13-8-4-5-9-14(13)20-16(18)12(10-21)15(19-20)11-6-2-1-3-7-11/h1-10H. The Kier molecular flexibility index (Phi) is 3.90. The zero-order valence-electron chi connectivity index (χ0n) is 10.8. The van der Waals surface area contributed by atoms with E-state index in [9.17, 15) is 4.79 Å². The van der Waals surface area contributed by atoms with Gasteiger partial charge < -0.3 is 0 Å². The van der Waals surface area contributed by atoms with E-state index in [2.05, 4.69) is 21.0 Å². The van der Waals surface area contributed by atoms with Crippen molar-refractivity contribution in [3.63, 3.8) is 0 Å². The smallest absolute Gasteiger partial charge is 0.155 e. The van der Waals surface area contributed by atoms with Gasteiger partial charge >= 0.3 is 0 Å². The molecular weight excluding hydrogens is 352 g/mol. The highest BCUT2D eigenvalue weighted by Gasteiger charge is 2.19. The highest BCUT2D eigenvalue weighted by atomic mass is 79.9. The van der Waals surface area contributed by atoms with Crippen LogP contribution in [0.2, 0.25) is 5.15 Å². The first-order valence-corrected chi connectivity index (χ1v) is 7.43. The number of aromatic nitrogens is 2. The lowest BCUT2D eigenvalue weighted by molar-refractivity contribution is 0.112. The van der Waals surface area contributed by atoms with Crippen LogP contribution in [-0.4, -0.2) is 16.1 Å². The third-order valence-electron chi connectivity index (χ3n) is 3.11. The minimum Gasteiger partial charge on any atom is -0.298 e. The van der Waals surface area contributed by atoms with Crippen molar-refractivity contribution in [2.75, 3.05) is 0 Å². The summed E-state index contributed by atoms with van der Waals surface area (Å²) < 4.78 is 2.42. The van der Waals surface area contributed by atoms with Gasteiger partial charge in [0.1, 0.15) is 10.8 Å². The topological polar surface area (TPSA) is 34.9 Å². The molecule has 0 saturated heterocycles. The monoisotopic (exact) mass is 360 g/mol. The summed E-state index contributed by atoms with van der Waals surface area (Å²) in [7, 11) is 0. The number of aldehydes is 1. The summed E-state index contributed by atoms with van der Waals surface area (Å²) in [6.07, 6.45) is 0.741. The van der Waals surface area contributed by atoms with Crippen LogP contribution < -0.4 is 0 Å². The maximum Gasteiger partial charge on any atom is 0.155 e. The summed E-state index contributed by atoms with van der Waals surface area (Å²) >= 11 is 9.81. The van der Waals surface area contributed by atoms with Gasteiger partial charge in [-0.2, -0.15) is 5.10 Å². The molecule has 3 nitrogen and oxygen atoms in total. The molecule has 104 valence electrons. The first-order chi connectivity index (χ1) is 10.2. The van der Waals surface area contributed by atoms with E-state index in [1.165, 1.54) is 0 Å². The number of rotatable bonds is 3. The normalized spacial score (nSPS) is 10.6. The predicted molar refractivity (Wildman–Crippen MR) is 87.1 cm³/mol. The van der Waals surface area contributed by atoms with Gasteiger partial charge in [0.15, 0.2) is 6.29 Å². The number of carbonyl (C=O) groups excluding carboxylic acids is 1. The molecule has 0 aliphatic heterocycles. The number of hydrogen-bond acceptors (Lipinski definition) is 2. The fourth-order valence-corrected chi connectivity index (χ4v) is 2.82. The quantitative estimate of drug-likeness (QED) is 0.630. The molecule has 0 saturated carbocycles. The second-order valence-electron chi connectivity index (χ2n) is 4.40. The van der Waals surface area contributed by atoms with Gasteiger partial charge in [0, 0.05) is 10.0 Å². The van der Waals surface area contributed by atoms with Crippen LogP contribution in [0.5, 0.6) is 0 Å². The average Bonchev–Trinajstić information content (AvgIpc) is 2.85. The summed E-state index contributed by atoms with van der Waals surface area (Å²) in [5.74, 6) is 0. The Bertz CT molecular complexity index is 799. The third kappa shape index (κ3) is 2.52. The predicted octanol–water partition coefficient (Wildman–Crippen LogP) is 4.77. The van der Waals surface area contributed by atoms with E-state index in [-0.39, 0.29) is 0 Å². The molecule has 5 heteroatoms. The third-order valence-corrected chi connectivity index (χ3v) is 4.14. The minimum atomic E-state index is 0.302. The summed E-state index contributed by atoms with van der Waals surface area (Å²) in [6, 6.07) is 17.1. The van der Waals surface area contributed by atoms with Crippen LogP contribution >= 0.6 is 27.5 Å². The van der Waals surface area contributed by atoms with Crippen LogP contribution in [0, 0.1) is 0 Å². The Balaban J connectivity index is 2.24. The maximum atomic E-state index is 11.4. The molecule has 2 aromatic carbocycles. The van der Waals surface area contributed by atoms with Gasteiger partial charge in [-0.05, 0) is 28.1 Å². The van der Waals surface area contributed by atoms with E-state index in [1.54, 1.807) is 4.68 Å². The first kappa shape index (κ1) is 14.0. The van der Waals surface area contributed by atoms with Crippen molar-refractivity contribution in [3.05, 3.63) is 69.8 Å². The molecule has 1 aromatic heterocycles. The lowest BCUT2D eigenvalue weighted by atomic mass is 10.1. The molecule has 0 spiro atoms. The summed E-state index contributed by atoms with van der Waals surface area (Å²) in [4.78, 5) is 11.4. The Morgan fingerprint density at radius 1 is 1.05 bits per heavy atom. The van der Waals surface area contributed by atoms with Crippen LogP contribution in [0.25, 0.3) is 16.9 Å². The molecule has 0 amide bonds. The molecule has 0 aliphatic rings. The SMILES string of the molecule is O=Cc1c(-c2ccccc2)nn(-c2ccccc2Br)c1Cl. The molecule has 0 atom stereocenters. The first-order valence-electron chi connectivity index (χ1n) is 6.26. The molecule has 3 rings (SSSR count). The van der Waals surface area contributed by atoms with Gasteiger partial charge in [-0.1, -0.05) is 54.1 Å². The fraction of sp³-hybridized carbons (Fsp3) is 0. The Labute approximate surface area is 135 Å². The molecule has 0 aliphatic carbocycles. The van der Waals surface area contributed by atoms with Crippen LogP contribution in [0.15, 0.2) is 59.1 Å². The van der Waals surface area contributed by atoms with Crippen molar-refractivity contribution < 1.29 is 4.79 Å². The minimum absolute atomic E-state index is 0.302. The molecule has 21 heavy (non-hydrogen) atoms. The number of benzene rings is 2. The van der Waals surface area contributed by atoms with Crippen molar-refractivity contribution in [1.82, 2.24) is 9.78 Å². The van der Waals surface area contributed by atoms with E-state index >= 15 is 0 Å². The highest BCUT2D eigenvalue weighted by molar-refractivity contribution is 9.10. The second-order valence-corrected chi connectivity index (χ2v) is 5.61. The highest BCUT2D eigenvalue weighted by Crippen LogP contribution is 2.31. The molecule has 3 aromatic rings. The lowest BCUT2D eigenvalue weighted by Crippen LogP contribution is -1.97. The number of halogens is 2. The van der Waals surface area contributed by atoms with E-state index in [4.69, 9.17) is 11.6 Å². The Morgan fingerprint density at radius 3 is 2.38 bits per heavy atom. The second kappa shape index (κ2) is 5.84. The average molecular weight is 362 g/mol. The van der Waals surface area contributed by atoms with Crippen molar-refractivity contribution in [3.8, 4) is 16.9 Å². The van der Waals surface area contributed by atoms with E-state index in [0.717, 1.165) is 22.0 Å². The van der Waals surface area contributed by atoms with Gasteiger partial charge in [0.25, 0.3) is 0 Å². The molecule has 0 bridgehead atoms. The Hall–Kier alpha value is -1.91. The van der Waals surface area contributed by atoms with Crippen LogP contribution in [0.1, 0.15) is 10.4 Å². The zero-order valence-corrected chi connectivity index (χ0v) is 13.2. The largest absolute Gasteiger partial charge is 0.298 e. The van der Waals surface area contributed by atoms with Crippen molar-refractivity contribution >= 4 is 33.8 Å². The van der Waals surface area contributed by atoms with Crippen molar-refractivity contribution in [2.24, 2.45) is 0 Å². The molecule has 0 N–H and O–H groups in total. The Morgan fingerprint density at radius 2 is 1.71 bits per heavy atom. The molecule has 0 fully saturated rings. The van der Waals surface area contributed by atoms with Crippen molar-refractivity contribution in [1.29, 1.82) is 0 Å². The number of carbonyl (C=O) groups is 1. The van der Waals surface area contributed by atoms with Gasteiger partial charge in [0.05, 0.1) is 11.3 Å². The van der Waals surface area contributed by atoms with E-state index < -0.39 is 0 Å². The summed E-state index contributed by atoms with van der Waals surface area (Å²) in [6.45, 7) is 0. The summed E-state index contributed by atoms with van der Waals surface area (Å²) in [5.41, 5.74) is 2.60. The van der Waals surface area contributed by atoms with E-state index in [1.807, 2.05) is 54.6 Å². The zero-order chi connectivity index (χ0) is 14.8. The molecule has 0 unspecified atom stereocenters. The van der Waals surface area contributed by atoms with Crippen LogP contribution in [-0.2, 0) is 0 Å². The van der Waals surface area contributed by atoms with Crippen LogP contribution in [0.3, 0.4) is 0 Å². The maximum absolute atomic E-state index is 11.4. The molecule has 0 radical (unpaired) electrons. The fourth-order valence-electron chi connectivity index (χ4n) is 2.11. The number of para-hydroxylation sites is 1. The van der Waals surface area contributed by atoms with E-state index in [0.29, 0.717) is 16.4 Å². The lowest BCUT2D eigenvalue weighted by Gasteiger charge is -2.05. The summed E-state index contributed by atoms with van der Waals surface area (Å²) in [5, 5.41) is 4.81. The van der Waals surface area contributed by atoms with Crippen LogP contribution in [0.4, 0.5) is 0 Å². The van der Waals surface area contributed by atoms with Gasteiger partial charge in [0.2, 0.25) is 0 Å². The molecular formula is C16H10BrClN2O. The molecule has 1 heterocycles. The van der Waals surface area contributed by atoms with Gasteiger partial charge in [-0.25, -0.2) is 4.68 Å².